The normalized spacial score (nSPS) is 27.5. The van der Waals surface area contributed by atoms with Gasteiger partial charge < -0.3 is 0 Å². The van der Waals surface area contributed by atoms with Crippen LogP contribution in [0.5, 0.6) is 0 Å². The Bertz CT molecular complexity index is 590. The molecule has 3 rings (SSSR count). The summed E-state index contributed by atoms with van der Waals surface area (Å²) < 4.78 is 1.04. The molecule has 0 saturated heterocycles. The quantitative estimate of drug-likeness (QED) is 0.487. The Hall–Kier alpha value is -1.42. The Morgan fingerprint density at radius 3 is 2.32 bits per heavy atom. The second-order valence-electron chi connectivity index (χ2n) is 6.16. The average molecular weight is 361 g/mol. The summed E-state index contributed by atoms with van der Waals surface area (Å²) in [5.41, 5.74) is 4.63. The van der Waals surface area contributed by atoms with Crippen molar-refractivity contribution in [1.82, 2.24) is 5.43 Å². The fourth-order valence-electron chi connectivity index (χ4n) is 3.40. The predicted molar refractivity (Wildman–Crippen MR) is 92.6 cm³/mol. The van der Waals surface area contributed by atoms with Crippen molar-refractivity contribution >= 4 is 27.5 Å². The van der Waals surface area contributed by atoms with E-state index in [-0.39, 0.29) is 11.8 Å². The minimum absolute atomic E-state index is 0.0911. The molecule has 0 heterocycles. The zero-order chi connectivity index (χ0) is 15.5. The van der Waals surface area contributed by atoms with Crippen LogP contribution < -0.4 is 5.43 Å². The lowest BCUT2D eigenvalue weighted by atomic mass is 10.1. The molecule has 0 radical (unpaired) electrons. The molecule has 1 N–H and O–H groups in total. The third kappa shape index (κ3) is 3.49. The van der Waals surface area contributed by atoms with Crippen molar-refractivity contribution in [2.75, 3.05) is 0 Å². The number of hydrogen-bond donors (Lipinski definition) is 1. The molecule has 116 valence electrons. The number of hydrogen-bond acceptors (Lipinski definition) is 2. The first-order valence-electron chi connectivity index (χ1n) is 7.92. The maximum absolute atomic E-state index is 12.3. The van der Waals surface area contributed by atoms with Gasteiger partial charge in [0.25, 0.3) is 0 Å². The SMILES string of the molecule is C/C(=N/NC(=O)C1[C@@H]2CCC=CCC[C@@H]12)c1ccc(Br)cc1. The zero-order valence-corrected chi connectivity index (χ0v) is 14.3. The number of nitrogens with one attached hydrogen (secondary N) is 1. The summed E-state index contributed by atoms with van der Waals surface area (Å²) in [6.45, 7) is 1.92. The van der Waals surface area contributed by atoms with Crippen molar-refractivity contribution in [3.63, 3.8) is 0 Å². The number of nitrogens with zero attached hydrogens (tertiary/aromatic N) is 1. The predicted octanol–water partition coefficient (Wildman–Crippen LogP) is 4.28. The van der Waals surface area contributed by atoms with Gasteiger partial charge in [0.1, 0.15) is 0 Å². The maximum Gasteiger partial charge on any atom is 0.243 e. The third-order valence-corrected chi connectivity index (χ3v) is 5.26. The van der Waals surface area contributed by atoms with Crippen LogP contribution in [0.1, 0.15) is 38.2 Å². The second kappa shape index (κ2) is 6.78. The Morgan fingerprint density at radius 2 is 1.73 bits per heavy atom. The first kappa shape index (κ1) is 15.5. The number of allylic oxidation sites excluding steroid dienone is 2. The lowest BCUT2D eigenvalue weighted by Crippen LogP contribution is -2.22. The highest BCUT2D eigenvalue weighted by Crippen LogP contribution is 2.52. The average Bonchev–Trinajstić information content (AvgIpc) is 3.16. The van der Waals surface area contributed by atoms with Crippen LogP contribution in [0.25, 0.3) is 0 Å². The van der Waals surface area contributed by atoms with E-state index >= 15 is 0 Å². The molecule has 0 spiro atoms. The van der Waals surface area contributed by atoms with E-state index in [0.29, 0.717) is 11.8 Å². The first-order chi connectivity index (χ1) is 10.7. The molecule has 4 heteroatoms. The van der Waals surface area contributed by atoms with Crippen LogP contribution in [0.3, 0.4) is 0 Å². The molecule has 22 heavy (non-hydrogen) atoms. The number of amides is 1. The molecule has 0 aromatic heterocycles. The Morgan fingerprint density at radius 1 is 1.14 bits per heavy atom. The topological polar surface area (TPSA) is 41.5 Å². The van der Waals surface area contributed by atoms with Crippen molar-refractivity contribution in [1.29, 1.82) is 0 Å². The number of carbonyl (C=O) groups is 1. The van der Waals surface area contributed by atoms with Crippen molar-refractivity contribution < 1.29 is 4.79 Å². The fourth-order valence-corrected chi connectivity index (χ4v) is 3.67. The van der Waals surface area contributed by atoms with Crippen molar-refractivity contribution in [3.05, 3.63) is 46.5 Å². The van der Waals surface area contributed by atoms with Gasteiger partial charge in [0, 0.05) is 10.4 Å². The molecule has 2 aliphatic rings. The smallest absolute Gasteiger partial charge is 0.243 e. The number of hydrazone groups is 1. The highest BCUT2D eigenvalue weighted by atomic mass is 79.9. The molecule has 1 aromatic rings. The third-order valence-electron chi connectivity index (χ3n) is 4.73. The van der Waals surface area contributed by atoms with E-state index in [4.69, 9.17) is 0 Å². The largest absolute Gasteiger partial charge is 0.273 e. The summed E-state index contributed by atoms with van der Waals surface area (Å²) in [5.74, 6) is 1.39. The summed E-state index contributed by atoms with van der Waals surface area (Å²) >= 11 is 3.42. The van der Waals surface area contributed by atoms with Crippen LogP contribution in [-0.4, -0.2) is 11.6 Å². The van der Waals surface area contributed by atoms with Gasteiger partial charge in [-0.1, -0.05) is 40.2 Å². The van der Waals surface area contributed by atoms with E-state index in [2.05, 4.69) is 38.6 Å². The van der Waals surface area contributed by atoms with Gasteiger partial charge in [-0.15, -0.1) is 0 Å². The second-order valence-corrected chi connectivity index (χ2v) is 7.08. The molecular weight excluding hydrogens is 340 g/mol. The van der Waals surface area contributed by atoms with Gasteiger partial charge >= 0.3 is 0 Å². The van der Waals surface area contributed by atoms with Crippen molar-refractivity contribution in [3.8, 4) is 0 Å². The van der Waals surface area contributed by atoms with Crippen molar-refractivity contribution in [2.45, 2.75) is 32.6 Å². The van der Waals surface area contributed by atoms with Crippen LogP contribution in [0.15, 0.2) is 46.0 Å². The lowest BCUT2D eigenvalue weighted by Gasteiger charge is -2.03. The monoisotopic (exact) mass is 360 g/mol. The molecule has 1 fully saturated rings. The molecule has 0 bridgehead atoms. The minimum atomic E-state index is 0.0911. The van der Waals surface area contributed by atoms with E-state index in [9.17, 15) is 4.79 Å². The zero-order valence-electron chi connectivity index (χ0n) is 12.8. The van der Waals surface area contributed by atoms with Crippen LogP contribution in [0.2, 0.25) is 0 Å². The first-order valence-corrected chi connectivity index (χ1v) is 8.71. The lowest BCUT2D eigenvalue weighted by molar-refractivity contribution is -0.122. The van der Waals surface area contributed by atoms with Crippen LogP contribution in [-0.2, 0) is 4.79 Å². The molecular formula is C18H21BrN2O. The number of halogens is 1. The van der Waals surface area contributed by atoms with Crippen molar-refractivity contribution in [2.24, 2.45) is 22.9 Å². The van der Waals surface area contributed by atoms with E-state index in [1.54, 1.807) is 0 Å². The fraction of sp³-hybridized carbons (Fsp3) is 0.444. The van der Waals surface area contributed by atoms with E-state index in [1.807, 2.05) is 31.2 Å². The summed E-state index contributed by atoms with van der Waals surface area (Å²) in [7, 11) is 0. The highest BCUT2D eigenvalue weighted by molar-refractivity contribution is 9.10. The number of fused-ring (bicyclic) bond motifs is 1. The molecule has 1 saturated carbocycles. The van der Waals surface area contributed by atoms with Gasteiger partial charge in [-0.25, -0.2) is 5.43 Å². The number of carbonyl (C=O) groups excluding carboxylic acids is 1. The van der Waals surface area contributed by atoms with E-state index < -0.39 is 0 Å². The standard InChI is InChI=1S/C18H21BrN2O/c1-12(13-8-10-14(19)11-9-13)20-21-18(22)17-15-6-4-2-3-5-7-16(15)17/h2-3,8-11,15-17H,4-7H2,1H3,(H,21,22)/b3-2?,20-12-/t15-,16-/m1/s1. The Kier molecular flexibility index (Phi) is 4.77. The van der Waals surface area contributed by atoms with E-state index in [1.165, 1.54) is 0 Å². The summed E-state index contributed by atoms with van der Waals surface area (Å²) in [6.07, 6.45) is 8.97. The van der Waals surface area contributed by atoms with Gasteiger partial charge in [0.2, 0.25) is 5.91 Å². The molecule has 1 amide bonds. The Labute approximate surface area is 140 Å². The van der Waals surface area contributed by atoms with E-state index in [0.717, 1.165) is 41.4 Å². The molecule has 0 aliphatic heterocycles. The summed E-state index contributed by atoms with van der Waals surface area (Å²) in [6, 6.07) is 7.94. The Balaban J connectivity index is 1.58. The number of rotatable bonds is 3. The highest BCUT2D eigenvalue weighted by Gasteiger charge is 2.53. The van der Waals surface area contributed by atoms with Gasteiger partial charge in [-0.05, 0) is 62.1 Å². The minimum Gasteiger partial charge on any atom is -0.273 e. The molecule has 2 aliphatic carbocycles. The van der Waals surface area contributed by atoms with Crippen LogP contribution in [0.4, 0.5) is 0 Å². The summed E-state index contributed by atoms with van der Waals surface area (Å²) in [4.78, 5) is 12.3. The molecule has 3 nitrogen and oxygen atoms in total. The number of benzene rings is 1. The van der Waals surface area contributed by atoms with Gasteiger partial charge in [0.05, 0.1) is 5.71 Å². The van der Waals surface area contributed by atoms with Gasteiger partial charge in [-0.3, -0.25) is 4.79 Å². The molecule has 2 atom stereocenters. The van der Waals surface area contributed by atoms with Crippen LogP contribution in [0, 0.1) is 17.8 Å². The molecule has 0 unspecified atom stereocenters. The summed E-state index contributed by atoms with van der Waals surface area (Å²) in [5, 5.41) is 4.28. The van der Waals surface area contributed by atoms with Gasteiger partial charge in [0.15, 0.2) is 0 Å². The molecule has 1 aromatic carbocycles. The van der Waals surface area contributed by atoms with Gasteiger partial charge in [-0.2, -0.15) is 5.10 Å². The van der Waals surface area contributed by atoms with Crippen LogP contribution >= 0.6 is 15.9 Å². The maximum atomic E-state index is 12.3.